The van der Waals surface area contributed by atoms with Gasteiger partial charge in [0.15, 0.2) is 0 Å². The normalized spacial score (nSPS) is 12.4. The quantitative estimate of drug-likeness (QED) is 0.762. The molecule has 1 aromatic carbocycles. The molecule has 18 heavy (non-hydrogen) atoms. The van der Waals surface area contributed by atoms with Gasteiger partial charge in [-0.15, -0.1) is 0 Å². The van der Waals surface area contributed by atoms with Crippen molar-refractivity contribution in [3.05, 3.63) is 61.6 Å². The highest BCUT2D eigenvalue weighted by Gasteiger charge is 2.16. The lowest BCUT2D eigenvalue weighted by molar-refractivity contribution is 0.608. The predicted octanol–water partition coefficient (Wildman–Crippen LogP) is 3.90. The van der Waals surface area contributed by atoms with Crippen molar-refractivity contribution in [1.82, 2.24) is 10.3 Å². The number of benzene rings is 1. The van der Waals surface area contributed by atoms with Crippen molar-refractivity contribution in [2.75, 3.05) is 7.05 Å². The van der Waals surface area contributed by atoms with Gasteiger partial charge in [-0.2, -0.15) is 0 Å². The van der Waals surface area contributed by atoms with Crippen LogP contribution in [0.3, 0.4) is 0 Å². The Bertz CT molecular complexity index is 562. The molecule has 0 bridgehead atoms. The molecule has 0 aliphatic carbocycles. The molecule has 0 aliphatic rings. The number of aromatic nitrogens is 1. The van der Waals surface area contributed by atoms with Crippen LogP contribution in [0.4, 0.5) is 4.39 Å². The van der Waals surface area contributed by atoms with E-state index < -0.39 is 0 Å². The Labute approximate surface area is 127 Å². The molecule has 1 N–H and O–H groups in total. The first-order chi connectivity index (χ1) is 8.61. The lowest BCUT2D eigenvalue weighted by atomic mass is 10.0. The summed E-state index contributed by atoms with van der Waals surface area (Å²) in [6.07, 6.45) is 2.89. The van der Waals surface area contributed by atoms with Gasteiger partial charge in [0.25, 0.3) is 0 Å². The lowest BCUT2D eigenvalue weighted by Crippen LogP contribution is -2.18. The minimum absolute atomic E-state index is 0.0858. The molecule has 1 unspecified atom stereocenters. The molecule has 0 aliphatic heterocycles. The third kappa shape index (κ3) is 3.07. The zero-order valence-corrected chi connectivity index (χ0v) is 13.4. The van der Waals surface area contributed by atoms with E-state index in [2.05, 4.69) is 54.9 Å². The predicted molar refractivity (Wildman–Crippen MR) is 82.0 cm³/mol. The van der Waals surface area contributed by atoms with Crippen molar-refractivity contribution in [3.8, 4) is 0 Å². The maximum atomic E-state index is 13.3. The van der Waals surface area contributed by atoms with Crippen molar-refractivity contribution in [2.24, 2.45) is 0 Å². The number of nitrogens with one attached hydrogen (secondary N) is 1. The van der Waals surface area contributed by atoms with Crippen LogP contribution in [-0.4, -0.2) is 12.0 Å². The number of halogens is 3. The van der Waals surface area contributed by atoms with E-state index in [0.29, 0.717) is 0 Å². The van der Waals surface area contributed by atoms with E-state index in [0.717, 1.165) is 19.2 Å². The highest BCUT2D eigenvalue weighted by Crippen LogP contribution is 2.29. The number of nitrogens with zero attached hydrogens (tertiary/aromatic N) is 1. The Morgan fingerprint density at radius 1 is 1.33 bits per heavy atom. The molecular formula is C13H11BrFIN2. The molecule has 2 nitrogen and oxygen atoms in total. The zero-order valence-electron chi connectivity index (χ0n) is 9.62. The summed E-state index contributed by atoms with van der Waals surface area (Å²) in [7, 11) is 1.85. The number of hydrogen-bond donors (Lipinski definition) is 1. The highest BCUT2D eigenvalue weighted by molar-refractivity contribution is 14.1. The average Bonchev–Trinajstić information content (AvgIpc) is 2.35. The van der Waals surface area contributed by atoms with E-state index in [1.165, 1.54) is 12.3 Å². The SMILES string of the molecule is CNC(c1cncc(F)c1)c1cc(I)ccc1Br. The minimum atomic E-state index is -0.325. The Kier molecular flexibility index (Phi) is 4.69. The Morgan fingerprint density at radius 3 is 2.78 bits per heavy atom. The Hall–Kier alpha value is -0.530. The summed E-state index contributed by atoms with van der Waals surface area (Å²) in [6, 6.07) is 7.49. The minimum Gasteiger partial charge on any atom is -0.309 e. The molecule has 2 rings (SSSR count). The first-order valence-electron chi connectivity index (χ1n) is 5.34. The van der Waals surface area contributed by atoms with Crippen LogP contribution in [-0.2, 0) is 0 Å². The lowest BCUT2D eigenvalue weighted by Gasteiger charge is -2.18. The number of pyridine rings is 1. The standard InChI is InChI=1S/C13H11BrFIN2/c1-17-13(8-4-9(15)7-18-6-8)11-5-10(16)2-3-12(11)14/h2-7,13,17H,1H3. The third-order valence-electron chi connectivity index (χ3n) is 2.62. The van der Waals surface area contributed by atoms with Crippen molar-refractivity contribution in [2.45, 2.75) is 6.04 Å². The first-order valence-corrected chi connectivity index (χ1v) is 7.21. The van der Waals surface area contributed by atoms with E-state index in [1.54, 1.807) is 6.20 Å². The van der Waals surface area contributed by atoms with E-state index in [4.69, 9.17) is 0 Å². The fraction of sp³-hybridized carbons (Fsp3) is 0.154. The van der Waals surface area contributed by atoms with Gasteiger partial charge in [-0.1, -0.05) is 15.9 Å². The summed E-state index contributed by atoms with van der Waals surface area (Å²) < 4.78 is 15.4. The molecule has 0 radical (unpaired) electrons. The van der Waals surface area contributed by atoms with Crippen LogP contribution in [0, 0.1) is 9.39 Å². The molecule has 0 spiro atoms. The van der Waals surface area contributed by atoms with Crippen LogP contribution in [0.1, 0.15) is 17.2 Å². The monoisotopic (exact) mass is 420 g/mol. The number of rotatable bonds is 3. The largest absolute Gasteiger partial charge is 0.309 e. The van der Waals surface area contributed by atoms with Crippen molar-refractivity contribution < 1.29 is 4.39 Å². The van der Waals surface area contributed by atoms with E-state index in [-0.39, 0.29) is 11.9 Å². The van der Waals surface area contributed by atoms with Gasteiger partial charge in [-0.3, -0.25) is 4.98 Å². The maximum Gasteiger partial charge on any atom is 0.141 e. The van der Waals surface area contributed by atoms with Gasteiger partial charge >= 0.3 is 0 Å². The van der Waals surface area contributed by atoms with Gasteiger partial charge in [-0.05, 0) is 65.0 Å². The fourth-order valence-electron chi connectivity index (χ4n) is 1.82. The topological polar surface area (TPSA) is 24.9 Å². The third-order valence-corrected chi connectivity index (χ3v) is 4.01. The Balaban J connectivity index is 2.48. The summed E-state index contributed by atoms with van der Waals surface area (Å²) in [5, 5.41) is 3.19. The second kappa shape index (κ2) is 6.08. The van der Waals surface area contributed by atoms with Crippen LogP contribution in [0.5, 0.6) is 0 Å². The smallest absolute Gasteiger partial charge is 0.141 e. The average molecular weight is 421 g/mol. The van der Waals surface area contributed by atoms with Crippen LogP contribution in [0.2, 0.25) is 0 Å². The molecule has 1 aromatic heterocycles. The van der Waals surface area contributed by atoms with E-state index in [1.807, 2.05) is 19.2 Å². The first kappa shape index (κ1) is 13.9. The molecule has 0 saturated carbocycles. The van der Waals surface area contributed by atoms with Crippen LogP contribution in [0.25, 0.3) is 0 Å². The molecule has 0 saturated heterocycles. The summed E-state index contributed by atoms with van der Waals surface area (Å²) >= 11 is 5.79. The van der Waals surface area contributed by atoms with E-state index >= 15 is 0 Å². The summed E-state index contributed by atoms with van der Waals surface area (Å²) in [4.78, 5) is 3.90. The molecule has 1 atom stereocenters. The van der Waals surface area contributed by atoms with Gasteiger partial charge < -0.3 is 5.32 Å². The van der Waals surface area contributed by atoms with Crippen molar-refractivity contribution in [3.63, 3.8) is 0 Å². The molecular weight excluding hydrogens is 410 g/mol. The van der Waals surface area contributed by atoms with Gasteiger partial charge in [-0.25, -0.2) is 4.39 Å². The Morgan fingerprint density at radius 2 is 2.11 bits per heavy atom. The molecule has 2 aromatic rings. The number of hydrogen-bond acceptors (Lipinski definition) is 2. The molecule has 0 fully saturated rings. The molecule has 94 valence electrons. The zero-order chi connectivity index (χ0) is 13.1. The summed E-state index contributed by atoms with van der Waals surface area (Å²) in [6.45, 7) is 0. The van der Waals surface area contributed by atoms with Gasteiger partial charge in [0.2, 0.25) is 0 Å². The van der Waals surface area contributed by atoms with Gasteiger partial charge in [0.1, 0.15) is 5.82 Å². The van der Waals surface area contributed by atoms with Gasteiger partial charge in [0.05, 0.1) is 12.2 Å². The summed E-state index contributed by atoms with van der Waals surface area (Å²) in [5.41, 5.74) is 1.87. The van der Waals surface area contributed by atoms with Crippen LogP contribution >= 0.6 is 38.5 Å². The molecule has 0 amide bonds. The van der Waals surface area contributed by atoms with E-state index in [9.17, 15) is 4.39 Å². The van der Waals surface area contributed by atoms with Crippen LogP contribution in [0.15, 0.2) is 41.1 Å². The van der Waals surface area contributed by atoms with Crippen LogP contribution < -0.4 is 5.32 Å². The van der Waals surface area contributed by atoms with Crippen molar-refractivity contribution in [1.29, 1.82) is 0 Å². The summed E-state index contributed by atoms with van der Waals surface area (Å²) in [5.74, 6) is -0.325. The van der Waals surface area contributed by atoms with Crippen molar-refractivity contribution >= 4 is 38.5 Å². The second-order valence-corrected chi connectivity index (χ2v) is 5.92. The fourth-order valence-corrected chi connectivity index (χ4v) is 2.81. The molecule has 5 heteroatoms. The maximum absolute atomic E-state index is 13.3. The molecule has 1 heterocycles. The second-order valence-electron chi connectivity index (χ2n) is 3.82. The highest BCUT2D eigenvalue weighted by atomic mass is 127. The van der Waals surface area contributed by atoms with Gasteiger partial charge in [0, 0.05) is 14.2 Å².